The summed E-state index contributed by atoms with van der Waals surface area (Å²) in [5.41, 5.74) is 1.28. The fraction of sp³-hybridized carbons (Fsp3) is 0.588. The second-order valence-corrected chi connectivity index (χ2v) is 6.29. The molecule has 2 atom stereocenters. The molecule has 1 aliphatic heterocycles. The Morgan fingerprint density at radius 2 is 2.17 bits per heavy atom. The number of carbonyl (C=O) groups excluding carboxylic acids is 1. The first-order valence-electron chi connectivity index (χ1n) is 8.44. The number of carbonyl (C=O) groups is 1. The van der Waals surface area contributed by atoms with Crippen LogP contribution in [0, 0.1) is 13.8 Å². The van der Waals surface area contributed by atoms with Gasteiger partial charge in [0.1, 0.15) is 5.82 Å². The molecule has 3 heterocycles. The van der Waals surface area contributed by atoms with Crippen molar-refractivity contribution >= 4 is 5.91 Å². The SMILES string of the molecule is CCc1nnc([C@H]2CCCN(C(=O)c3cnc(C)nc3C)[C@H]2C)o1. The third-order valence-corrected chi connectivity index (χ3v) is 4.68. The highest BCUT2D eigenvalue weighted by Gasteiger charge is 2.36. The van der Waals surface area contributed by atoms with E-state index < -0.39 is 0 Å². The number of amides is 1. The fourth-order valence-corrected chi connectivity index (χ4v) is 3.27. The van der Waals surface area contributed by atoms with Gasteiger partial charge in [-0.1, -0.05) is 6.92 Å². The van der Waals surface area contributed by atoms with Crippen molar-refractivity contribution in [3.63, 3.8) is 0 Å². The molecular formula is C17H23N5O2. The van der Waals surface area contributed by atoms with Crippen LogP contribution in [0.2, 0.25) is 0 Å². The van der Waals surface area contributed by atoms with Crippen LogP contribution < -0.4 is 0 Å². The van der Waals surface area contributed by atoms with Gasteiger partial charge >= 0.3 is 0 Å². The number of rotatable bonds is 3. The maximum Gasteiger partial charge on any atom is 0.257 e. The van der Waals surface area contributed by atoms with E-state index in [0.717, 1.165) is 25.8 Å². The number of nitrogens with zero attached hydrogens (tertiary/aromatic N) is 5. The van der Waals surface area contributed by atoms with E-state index in [1.807, 2.05) is 32.6 Å². The number of hydrogen-bond donors (Lipinski definition) is 0. The predicted molar refractivity (Wildman–Crippen MR) is 87.7 cm³/mol. The number of aromatic nitrogens is 4. The number of likely N-dealkylation sites (tertiary alicyclic amines) is 1. The van der Waals surface area contributed by atoms with E-state index in [2.05, 4.69) is 20.2 Å². The Hall–Kier alpha value is -2.31. The van der Waals surface area contributed by atoms with Gasteiger partial charge < -0.3 is 9.32 Å². The Balaban J connectivity index is 1.84. The molecule has 0 radical (unpaired) electrons. The number of piperidine rings is 1. The lowest BCUT2D eigenvalue weighted by molar-refractivity contribution is 0.0580. The van der Waals surface area contributed by atoms with Gasteiger partial charge in [-0.25, -0.2) is 9.97 Å². The van der Waals surface area contributed by atoms with Gasteiger partial charge in [-0.3, -0.25) is 4.79 Å². The Labute approximate surface area is 141 Å². The third kappa shape index (κ3) is 3.02. The minimum absolute atomic E-state index is 0.00268. The van der Waals surface area contributed by atoms with E-state index in [0.29, 0.717) is 28.9 Å². The van der Waals surface area contributed by atoms with Crippen LogP contribution in [0.1, 0.15) is 66.3 Å². The molecule has 3 rings (SSSR count). The Morgan fingerprint density at radius 1 is 1.38 bits per heavy atom. The van der Waals surface area contributed by atoms with Crippen molar-refractivity contribution in [3.8, 4) is 0 Å². The maximum atomic E-state index is 13.0. The first-order chi connectivity index (χ1) is 11.5. The minimum atomic E-state index is -0.0278. The van der Waals surface area contributed by atoms with Crippen LogP contribution >= 0.6 is 0 Å². The summed E-state index contributed by atoms with van der Waals surface area (Å²) in [6, 6.07) is -0.00268. The zero-order valence-electron chi connectivity index (χ0n) is 14.6. The quantitative estimate of drug-likeness (QED) is 0.860. The van der Waals surface area contributed by atoms with Crippen molar-refractivity contribution < 1.29 is 9.21 Å². The molecular weight excluding hydrogens is 306 g/mol. The number of aryl methyl sites for hydroxylation is 3. The summed E-state index contributed by atoms with van der Waals surface area (Å²) in [6.07, 6.45) is 4.20. The summed E-state index contributed by atoms with van der Waals surface area (Å²) in [5.74, 6) is 1.99. The van der Waals surface area contributed by atoms with Crippen LogP contribution in [-0.4, -0.2) is 43.6 Å². The number of hydrogen-bond acceptors (Lipinski definition) is 6. The van der Waals surface area contributed by atoms with Crippen molar-refractivity contribution in [2.45, 2.75) is 58.9 Å². The van der Waals surface area contributed by atoms with Gasteiger partial charge in [0.2, 0.25) is 11.8 Å². The maximum absolute atomic E-state index is 13.0. The van der Waals surface area contributed by atoms with Gasteiger partial charge in [-0.05, 0) is 33.6 Å². The fourth-order valence-electron chi connectivity index (χ4n) is 3.27. The molecule has 0 aromatic carbocycles. The molecule has 0 spiro atoms. The van der Waals surface area contributed by atoms with Crippen LogP contribution in [-0.2, 0) is 6.42 Å². The highest BCUT2D eigenvalue weighted by atomic mass is 16.4. The van der Waals surface area contributed by atoms with E-state index in [1.165, 1.54) is 0 Å². The van der Waals surface area contributed by atoms with Crippen LogP contribution in [0.25, 0.3) is 0 Å². The first-order valence-corrected chi connectivity index (χ1v) is 8.44. The van der Waals surface area contributed by atoms with Crippen molar-refractivity contribution in [1.82, 2.24) is 25.1 Å². The Bertz CT molecular complexity index is 742. The van der Waals surface area contributed by atoms with E-state index in [9.17, 15) is 4.79 Å². The summed E-state index contributed by atoms with van der Waals surface area (Å²) in [4.78, 5) is 23.3. The van der Waals surface area contributed by atoms with Crippen LogP contribution in [0.3, 0.4) is 0 Å². The third-order valence-electron chi connectivity index (χ3n) is 4.68. The largest absolute Gasteiger partial charge is 0.425 e. The molecule has 128 valence electrons. The van der Waals surface area contributed by atoms with E-state index in [-0.39, 0.29) is 17.9 Å². The molecule has 1 saturated heterocycles. The molecule has 24 heavy (non-hydrogen) atoms. The molecule has 7 nitrogen and oxygen atoms in total. The van der Waals surface area contributed by atoms with E-state index >= 15 is 0 Å². The predicted octanol–water partition coefficient (Wildman–Crippen LogP) is 2.45. The van der Waals surface area contributed by atoms with E-state index in [4.69, 9.17) is 4.42 Å². The monoisotopic (exact) mass is 329 g/mol. The summed E-state index contributed by atoms with van der Waals surface area (Å²) in [7, 11) is 0. The van der Waals surface area contributed by atoms with Crippen molar-refractivity contribution in [3.05, 3.63) is 35.1 Å². The minimum Gasteiger partial charge on any atom is -0.425 e. The van der Waals surface area contributed by atoms with Gasteiger partial charge in [0.25, 0.3) is 5.91 Å². The van der Waals surface area contributed by atoms with E-state index in [1.54, 1.807) is 6.20 Å². The topological polar surface area (TPSA) is 85.0 Å². The van der Waals surface area contributed by atoms with Crippen LogP contribution in [0.15, 0.2) is 10.6 Å². The normalized spacial score (nSPS) is 21.1. The molecule has 2 aromatic rings. The summed E-state index contributed by atoms with van der Waals surface area (Å²) >= 11 is 0. The average Bonchev–Trinajstić information content (AvgIpc) is 3.03. The van der Waals surface area contributed by atoms with Gasteiger partial charge in [-0.15, -0.1) is 10.2 Å². The van der Waals surface area contributed by atoms with Gasteiger partial charge in [0.15, 0.2) is 0 Å². The van der Waals surface area contributed by atoms with Crippen molar-refractivity contribution in [2.24, 2.45) is 0 Å². The summed E-state index contributed by atoms with van der Waals surface area (Å²) < 4.78 is 5.73. The van der Waals surface area contributed by atoms with Gasteiger partial charge in [0, 0.05) is 25.2 Å². The standard InChI is InChI=1S/C17H23N5O2/c1-5-15-20-21-16(24-15)13-7-6-8-22(11(13)3)17(23)14-9-18-12(4)19-10(14)2/h9,11,13H,5-8H2,1-4H3/t11-,13-/m0/s1. The molecule has 0 bridgehead atoms. The van der Waals surface area contributed by atoms with Crippen LogP contribution in [0.5, 0.6) is 0 Å². The van der Waals surface area contributed by atoms with Gasteiger partial charge in [0.05, 0.1) is 17.2 Å². The highest BCUT2D eigenvalue weighted by Crippen LogP contribution is 2.32. The highest BCUT2D eigenvalue weighted by molar-refractivity contribution is 5.95. The van der Waals surface area contributed by atoms with Crippen LogP contribution in [0.4, 0.5) is 0 Å². The zero-order chi connectivity index (χ0) is 17.3. The molecule has 1 aliphatic rings. The molecule has 7 heteroatoms. The second kappa shape index (κ2) is 6.67. The average molecular weight is 329 g/mol. The lowest BCUT2D eigenvalue weighted by atomic mass is 9.89. The van der Waals surface area contributed by atoms with Gasteiger partial charge in [-0.2, -0.15) is 0 Å². The lowest BCUT2D eigenvalue weighted by Crippen LogP contribution is -2.46. The molecule has 0 unspecified atom stereocenters. The molecule has 0 aliphatic carbocycles. The molecule has 0 N–H and O–H groups in total. The van der Waals surface area contributed by atoms with Crippen molar-refractivity contribution in [2.75, 3.05) is 6.54 Å². The second-order valence-electron chi connectivity index (χ2n) is 6.29. The summed E-state index contributed by atoms with van der Waals surface area (Å²) in [6.45, 7) is 8.42. The Morgan fingerprint density at radius 3 is 2.83 bits per heavy atom. The first kappa shape index (κ1) is 16.5. The summed E-state index contributed by atoms with van der Waals surface area (Å²) in [5, 5.41) is 8.23. The molecule has 2 aromatic heterocycles. The molecule has 1 fully saturated rings. The lowest BCUT2D eigenvalue weighted by Gasteiger charge is -2.38. The molecule has 1 amide bonds. The zero-order valence-corrected chi connectivity index (χ0v) is 14.6. The Kier molecular flexibility index (Phi) is 4.59. The molecule has 0 saturated carbocycles. The smallest absolute Gasteiger partial charge is 0.257 e. The van der Waals surface area contributed by atoms with Crippen molar-refractivity contribution in [1.29, 1.82) is 0 Å².